The van der Waals surface area contributed by atoms with Crippen LogP contribution in [0.4, 0.5) is 13.2 Å². The van der Waals surface area contributed by atoms with E-state index >= 15 is 0 Å². The van der Waals surface area contributed by atoms with Crippen LogP contribution in [-0.2, 0) is 24.4 Å². The molecular formula is C40H46F3N5O9S2. The van der Waals surface area contributed by atoms with Gasteiger partial charge in [-0.1, -0.05) is 25.0 Å². The predicted molar refractivity (Wildman–Crippen MR) is 211 cm³/mol. The predicted octanol–water partition coefficient (Wildman–Crippen LogP) is 5.01. The number of carbonyl (C=O) groups excluding carboxylic acids is 4. The van der Waals surface area contributed by atoms with Crippen LogP contribution < -0.4 is 29.6 Å². The fourth-order valence-electron chi connectivity index (χ4n) is 7.72. The van der Waals surface area contributed by atoms with E-state index in [1.54, 1.807) is 31.2 Å². The lowest BCUT2D eigenvalue weighted by atomic mass is 10.0. The number of methoxy groups -OCH3 is 1. The SMILES string of the molecule is COc1ccc2c(O[C@@H]3C[C@H]4C(=O)N[C@]5(C(=O)NS(=O)(=O)C6CC6)C[C@H]5/C=C\CCCCC[C@H](NC(=O)c5ccc(C)s5)C(=O)N4C3)cc(OCC(F)(F)F)nc2c1C. The summed E-state index contributed by atoms with van der Waals surface area (Å²) in [7, 11) is -2.53. The van der Waals surface area contributed by atoms with Crippen molar-refractivity contribution in [1.29, 1.82) is 0 Å². The van der Waals surface area contributed by atoms with Crippen molar-refractivity contribution in [3.05, 3.63) is 57.8 Å². The van der Waals surface area contributed by atoms with Crippen molar-refractivity contribution in [3.63, 3.8) is 0 Å². The number of pyridine rings is 1. The second-order valence-corrected chi connectivity index (χ2v) is 18.8. The molecule has 2 aliphatic carbocycles. The van der Waals surface area contributed by atoms with E-state index in [-0.39, 0.29) is 43.0 Å². The summed E-state index contributed by atoms with van der Waals surface area (Å²) in [4.78, 5) is 63.3. The first-order valence-corrected chi connectivity index (χ1v) is 21.9. The number of benzene rings is 1. The van der Waals surface area contributed by atoms with Crippen LogP contribution in [0.2, 0.25) is 0 Å². The number of hydrogen-bond acceptors (Lipinski definition) is 11. The summed E-state index contributed by atoms with van der Waals surface area (Å²) in [5.74, 6) is -3.02. The highest BCUT2D eigenvalue weighted by molar-refractivity contribution is 7.91. The number of nitrogens with one attached hydrogen (secondary N) is 3. The van der Waals surface area contributed by atoms with Crippen molar-refractivity contribution in [2.45, 2.75) is 107 Å². The van der Waals surface area contributed by atoms with Gasteiger partial charge in [0, 0.05) is 34.2 Å². The van der Waals surface area contributed by atoms with Gasteiger partial charge in [0.2, 0.25) is 27.7 Å². The van der Waals surface area contributed by atoms with Crippen LogP contribution >= 0.6 is 11.3 Å². The van der Waals surface area contributed by atoms with E-state index in [0.717, 1.165) is 11.3 Å². The molecule has 4 amide bonds. The maximum absolute atomic E-state index is 14.7. The fraction of sp³-hybridized carbons (Fsp3) is 0.525. The second-order valence-electron chi connectivity index (χ2n) is 15.6. The molecule has 14 nitrogen and oxygen atoms in total. The molecule has 1 saturated heterocycles. The topological polar surface area (TPSA) is 182 Å². The van der Waals surface area contributed by atoms with Crippen molar-refractivity contribution >= 4 is 55.9 Å². The Labute approximate surface area is 343 Å². The number of carbonyl (C=O) groups is 4. The van der Waals surface area contributed by atoms with E-state index in [1.807, 2.05) is 19.1 Å². The van der Waals surface area contributed by atoms with E-state index in [9.17, 15) is 40.8 Å². The molecule has 0 spiro atoms. The minimum absolute atomic E-state index is 0.0740. The number of rotatable bonds is 10. The Hall–Kier alpha value is -4.91. The molecule has 4 heterocycles. The lowest BCUT2D eigenvalue weighted by Crippen LogP contribution is -2.58. The molecule has 318 valence electrons. The first-order chi connectivity index (χ1) is 28.0. The Morgan fingerprint density at radius 2 is 1.85 bits per heavy atom. The molecule has 59 heavy (non-hydrogen) atoms. The first-order valence-electron chi connectivity index (χ1n) is 19.5. The summed E-state index contributed by atoms with van der Waals surface area (Å²) in [6.45, 7) is 1.73. The van der Waals surface area contributed by atoms with Crippen LogP contribution in [-0.4, -0.2) is 97.3 Å². The van der Waals surface area contributed by atoms with Crippen molar-refractivity contribution in [3.8, 4) is 17.4 Å². The smallest absolute Gasteiger partial charge is 0.422 e. The Bertz CT molecular complexity index is 2280. The largest absolute Gasteiger partial charge is 0.496 e. The van der Waals surface area contributed by atoms with Crippen molar-refractivity contribution in [2.24, 2.45) is 5.92 Å². The zero-order valence-electron chi connectivity index (χ0n) is 32.7. The maximum Gasteiger partial charge on any atom is 0.422 e. The fourth-order valence-corrected chi connectivity index (χ4v) is 9.85. The normalized spacial score (nSPS) is 25.8. The summed E-state index contributed by atoms with van der Waals surface area (Å²) in [5.41, 5.74) is -0.855. The van der Waals surface area contributed by atoms with Gasteiger partial charge in [0.1, 0.15) is 35.2 Å². The van der Waals surface area contributed by atoms with Crippen molar-refractivity contribution < 1.29 is 55.0 Å². The molecule has 0 unspecified atom stereocenters. The monoisotopic (exact) mass is 861 g/mol. The first kappa shape index (κ1) is 42.2. The summed E-state index contributed by atoms with van der Waals surface area (Å²) in [6.07, 6.45) is 1.91. The Kier molecular flexibility index (Phi) is 11.9. The number of halogens is 3. The summed E-state index contributed by atoms with van der Waals surface area (Å²) >= 11 is 1.27. The lowest BCUT2D eigenvalue weighted by Gasteiger charge is -2.29. The number of hydrogen-bond donors (Lipinski definition) is 3. The number of thiophene rings is 1. The third kappa shape index (κ3) is 9.45. The van der Waals surface area contributed by atoms with E-state index < -0.39 is 81.3 Å². The third-order valence-electron chi connectivity index (χ3n) is 11.1. The summed E-state index contributed by atoms with van der Waals surface area (Å²) in [6, 6.07) is 5.64. The van der Waals surface area contributed by atoms with Gasteiger partial charge in [-0.25, -0.2) is 13.4 Å². The van der Waals surface area contributed by atoms with Gasteiger partial charge < -0.3 is 29.7 Å². The van der Waals surface area contributed by atoms with Crippen LogP contribution in [0.15, 0.2) is 42.5 Å². The van der Waals surface area contributed by atoms with Crippen molar-refractivity contribution in [1.82, 2.24) is 25.2 Å². The Morgan fingerprint density at radius 3 is 2.54 bits per heavy atom. The number of fused-ring (bicyclic) bond motifs is 3. The molecule has 2 saturated carbocycles. The number of nitrogens with zero attached hydrogens (tertiary/aromatic N) is 2. The van der Waals surface area contributed by atoms with Crippen LogP contribution in [0.5, 0.6) is 17.4 Å². The van der Waals surface area contributed by atoms with Gasteiger partial charge in [-0.05, 0) is 76.6 Å². The average molecular weight is 862 g/mol. The lowest BCUT2D eigenvalue weighted by molar-refractivity contribution is -0.154. The van der Waals surface area contributed by atoms with Crippen LogP contribution in [0.25, 0.3) is 10.9 Å². The molecule has 1 aromatic carbocycles. The van der Waals surface area contributed by atoms with Gasteiger partial charge in [-0.15, -0.1) is 11.3 Å². The van der Waals surface area contributed by atoms with E-state index in [2.05, 4.69) is 20.3 Å². The number of aryl methyl sites for hydroxylation is 2. The highest BCUT2D eigenvalue weighted by atomic mass is 32.2. The zero-order valence-corrected chi connectivity index (χ0v) is 34.4. The third-order valence-corrected chi connectivity index (χ3v) is 14.0. The van der Waals surface area contributed by atoms with Crippen LogP contribution in [0.3, 0.4) is 0 Å². The number of aromatic nitrogens is 1. The second kappa shape index (κ2) is 16.6. The minimum atomic E-state index is -4.66. The molecule has 3 aromatic rings. The van der Waals surface area contributed by atoms with Gasteiger partial charge in [-0.2, -0.15) is 13.2 Å². The Balaban J connectivity index is 1.23. The molecule has 4 aliphatic rings. The quantitative estimate of drug-likeness (QED) is 0.235. The Morgan fingerprint density at radius 1 is 1.07 bits per heavy atom. The highest BCUT2D eigenvalue weighted by Crippen LogP contribution is 2.46. The number of allylic oxidation sites excluding steroid dienone is 1. The average Bonchev–Trinajstić information content (AvgIpc) is 4.07. The standard InChI is InChI=1S/C40H46F3N5O9S2/c1-22-11-16-32(58-22)36(50)44-28-10-8-6-4-5-7-9-24-19-39(24,38(52)47-59(53,54)26-12-13-26)46-35(49)29-17-25(20-48(29)37(28)51)57-31-18-33(56-21-40(41,42)43)45-34-23(2)30(55-3)15-14-27(31)34/h7,9,11,14-16,18,24-26,28-29H,4-6,8,10,12-13,17,19-21H2,1-3H3,(H,44,50)(H,46,49)(H,47,52)/b9-7-/t24-,25-,28+,29+,39-/m1/s1. The molecule has 2 aromatic heterocycles. The number of ether oxygens (including phenoxy) is 3. The van der Waals surface area contributed by atoms with Crippen LogP contribution in [0.1, 0.15) is 77.9 Å². The van der Waals surface area contributed by atoms with E-state index in [4.69, 9.17) is 14.2 Å². The number of alkyl halides is 3. The molecule has 5 atom stereocenters. The maximum atomic E-state index is 14.7. The highest BCUT2D eigenvalue weighted by Gasteiger charge is 2.62. The van der Waals surface area contributed by atoms with Gasteiger partial charge >= 0.3 is 6.18 Å². The van der Waals surface area contributed by atoms with Gasteiger partial charge in [-0.3, -0.25) is 23.9 Å². The van der Waals surface area contributed by atoms with E-state index in [1.165, 1.54) is 29.4 Å². The molecule has 3 fully saturated rings. The van der Waals surface area contributed by atoms with Gasteiger partial charge in [0.05, 0.1) is 29.3 Å². The molecular weight excluding hydrogens is 816 g/mol. The molecule has 2 aliphatic heterocycles. The molecule has 19 heteroatoms. The number of amides is 4. The summed E-state index contributed by atoms with van der Waals surface area (Å²) in [5, 5.41) is 5.41. The van der Waals surface area contributed by atoms with Gasteiger partial charge in [0.25, 0.3) is 11.8 Å². The molecule has 7 rings (SSSR count). The zero-order chi connectivity index (χ0) is 42.3. The number of sulfonamides is 1. The van der Waals surface area contributed by atoms with Crippen molar-refractivity contribution in [2.75, 3.05) is 20.3 Å². The van der Waals surface area contributed by atoms with Crippen LogP contribution in [0, 0.1) is 19.8 Å². The molecule has 3 N–H and O–H groups in total. The molecule has 0 bridgehead atoms. The molecule has 0 radical (unpaired) electrons. The van der Waals surface area contributed by atoms with E-state index in [0.29, 0.717) is 53.7 Å². The minimum Gasteiger partial charge on any atom is -0.496 e. The summed E-state index contributed by atoms with van der Waals surface area (Å²) < 4.78 is 84.6. The van der Waals surface area contributed by atoms with Gasteiger partial charge in [0.15, 0.2) is 6.61 Å².